The number of phosphoric acid groups is 1. The Balaban J connectivity index is 4.56. The van der Waals surface area contributed by atoms with E-state index in [2.05, 4.69) is 9.26 Å². The maximum atomic E-state index is 11.8. The number of hydrogen-bond donors (Lipinski definition) is 2. The standard InChI is InChI=1S/C13H23O8P/c1-9(8-13(3,4)12(15)19-5)10(2)11(14)20-6-7-21-22(16,17)18/h8,10H,6-7H2,1-5H3,(H2,16,17,18). The molecule has 0 aliphatic heterocycles. The molecule has 0 aromatic rings. The lowest BCUT2D eigenvalue weighted by Crippen LogP contribution is -2.25. The Hall–Kier alpha value is -1.21. The van der Waals surface area contributed by atoms with Crippen molar-refractivity contribution in [3.05, 3.63) is 11.6 Å². The van der Waals surface area contributed by atoms with Crippen LogP contribution in [0.5, 0.6) is 0 Å². The van der Waals surface area contributed by atoms with Gasteiger partial charge in [0.05, 0.1) is 25.0 Å². The van der Waals surface area contributed by atoms with Crippen LogP contribution in [-0.4, -0.2) is 42.0 Å². The third kappa shape index (κ3) is 7.70. The zero-order valence-corrected chi connectivity index (χ0v) is 14.3. The summed E-state index contributed by atoms with van der Waals surface area (Å²) in [4.78, 5) is 40.4. The molecule has 0 saturated carbocycles. The third-order valence-electron chi connectivity index (χ3n) is 2.92. The monoisotopic (exact) mass is 338 g/mol. The molecule has 1 unspecified atom stereocenters. The van der Waals surface area contributed by atoms with Gasteiger partial charge in [-0.05, 0) is 27.7 Å². The third-order valence-corrected chi connectivity index (χ3v) is 3.44. The number of hydrogen-bond acceptors (Lipinski definition) is 6. The van der Waals surface area contributed by atoms with Gasteiger partial charge in [0.1, 0.15) is 6.61 Å². The minimum Gasteiger partial charge on any atom is -0.468 e. The molecule has 0 heterocycles. The molecule has 0 aromatic carbocycles. The highest BCUT2D eigenvalue weighted by molar-refractivity contribution is 7.46. The highest BCUT2D eigenvalue weighted by Crippen LogP contribution is 2.35. The van der Waals surface area contributed by atoms with E-state index >= 15 is 0 Å². The van der Waals surface area contributed by atoms with E-state index in [4.69, 9.17) is 14.5 Å². The Morgan fingerprint density at radius 2 is 1.82 bits per heavy atom. The van der Waals surface area contributed by atoms with Crippen molar-refractivity contribution in [2.45, 2.75) is 27.7 Å². The van der Waals surface area contributed by atoms with E-state index in [0.717, 1.165) is 0 Å². The molecule has 0 amide bonds. The van der Waals surface area contributed by atoms with Crippen molar-refractivity contribution in [2.75, 3.05) is 20.3 Å². The Bertz CT molecular complexity index is 476. The molecule has 1 atom stereocenters. The molecule has 2 N–H and O–H groups in total. The van der Waals surface area contributed by atoms with Crippen LogP contribution in [0.15, 0.2) is 11.6 Å². The van der Waals surface area contributed by atoms with Crippen molar-refractivity contribution in [1.82, 2.24) is 0 Å². The average Bonchev–Trinajstić information content (AvgIpc) is 2.39. The topological polar surface area (TPSA) is 119 Å². The highest BCUT2D eigenvalue weighted by Gasteiger charge is 2.28. The van der Waals surface area contributed by atoms with Crippen molar-refractivity contribution >= 4 is 19.8 Å². The van der Waals surface area contributed by atoms with E-state index in [9.17, 15) is 14.2 Å². The van der Waals surface area contributed by atoms with Gasteiger partial charge < -0.3 is 19.3 Å². The molecule has 0 bridgehead atoms. The molecule has 22 heavy (non-hydrogen) atoms. The van der Waals surface area contributed by atoms with Crippen LogP contribution >= 0.6 is 7.82 Å². The van der Waals surface area contributed by atoms with Crippen LogP contribution in [0, 0.1) is 11.3 Å². The molecule has 0 aliphatic carbocycles. The first-order valence-corrected chi connectivity index (χ1v) is 8.08. The normalized spacial score (nSPS) is 14.4. The van der Waals surface area contributed by atoms with Crippen LogP contribution in [0.3, 0.4) is 0 Å². The van der Waals surface area contributed by atoms with Gasteiger partial charge in [0, 0.05) is 0 Å². The summed E-state index contributed by atoms with van der Waals surface area (Å²) in [6.45, 7) is 5.93. The van der Waals surface area contributed by atoms with Gasteiger partial charge in [0.25, 0.3) is 0 Å². The van der Waals surface area contributed by atoms with Gasteiger partial charge in [-0.3, -0.25) is 14.1 Å². The maximum Gasteiger partial charge on any atom is 0.469 e. The summed E-state index contributed by atoms with van der Waals surface area (Å²) < 4.78 is 24.1. The summed E-state index contributed by atoms with van der Waals surface area (Å²) in [5.41, 5.74) is -0.256. The number of phosphoric ester groups is 1. The molecule has 0 rings (SSSR count). The molecule has 0 radical (unpaired) electrons. The highest BCUT2D eigenvalue weighted by atomic mass is 31.2. The van der Waals surface area contributed by atoms with Crippen LogP contribution in [0.2, 0.25) is 0 Å². The second-order valence-corrected chi connectivity index (χ2v) is 6.55. The molecular formula is C13H23O8P. The first kappa shape index (κ1) is 20.8. The SMILES string of the molecule is COC(=O)C(C)(C)C=C(C)C(C)C(=O)OCCOP(=O)(O)O. The lowest BCUT2D eigenvalue weighted by Gasteiger charge is -2.20. The molecule has 9 heteroatoms. The summed E-state index contributed by atoms with van der Waals surface area (Å²) in [7, 11) is -3.28. The van der Waals surface area contributed by atoms with Gasteiger partial charge in [-0.15, -0.1) is 0 Å². The van der Waals surface area contributed by atoms with Gasteiger partial charge in [-0.2, -0.15) is 0 Å². The summed E-state index contributed by atoms with van der Waals surface area (Å²) in [6, 6.07) is 0. The second-order valence-electron chi connectivity index (χ2n) is 5.31. The molecule has 128 valence electrons. The van der Waals surface area contributed by atoms with Crippen molar-refractivity contribution in [2.24, 2.45) is 11.3 Å². The predicted octanol–water partition coefficient (Wildman–Crippen LogP) is 1.42. The van der Waals surface area contributed by atoms with Gasteiger partial charge in [-0.25, -0.2) is 4.57 Å². The molecule has 8 nitrogen and oxygen atoms in total. The first-order valence-electron chi connectivity index (χ1n) is 6.55. The summed E-state index contributed by atoms with van der Waals surface area (Å²) in [6.07, 6.45) is 1.62. The minimum atomic E-state index is -4.57. The summed E-state index contributed by atoms with van der Waals surface area (Å²) in [5, 5.41) is 0. The quantitative estimate of drug-likeness (QED) is 0.295. The average molecular weight is 338 g/mol. The predicted molar refractivity (Wildman–Crippen MR) is 77.7 cm³/mol. The van der Waals surface area contributed by atoms with Gasteiger partial charge >= 0.3 is 19.8 Å². The fourth-order valence-corrected chi connectivity index (χ4v) is 1.94. The smallest absolute Gasteiger partial charge is 0.468 e. The van der Waals surface area contributed by atoms with Crippen molar-refractivity contribution < 1.29 is 37.9 Å². The van der Waals surface area contributed by atoms with Crippen LogP contribution in [-0.2, 0) is 28.2 Å². The fraction of sp³-hybridized carbons (Fsp3) is 0.692. The van der Waals surface area contributed by atoms with E-state index in [0.29, 0.717) is 5.57 Å². The van der Waals surface area contributed by atoms with Crippen LogP contribution in [0.4, 0.5) is 0 Å². The molecule has 0 spiro atoms. The number of methoxy groups -OCH3 is 1. The van der Waals surface area contributed by atoms with Gasteiger partial charge in [0.15, 0.2) is 0 Å². The first-order chi connectivity index (χ1) is 9.90. The Morgan fingerprint density at radius 3 is 2.27 bits per heavy atom. The lowest BCUT2D eigenvalue weighted by molar-refractivity contribution is -0.149. The van der Waals surface area contributed by atoms with Gasteiger partial charge in [0.2, 0.25) is 0 Å². The van der Waals surface area contributed by atoms with Crippen molar-refractivity contribution in [3.8, 4) is 0 Å². The summed E-state index contributed by atoms with van der Waals surface area (Å²) >= 11 is 0. The number of ether oxygens (including phenoxy) is 2. The van der Waals surface area contributed by atoms with Gasteiger partial charge in [-0.1, -0.05) is 11.6 Å². The lowest BCUT2D eigenvalue weighted by atomic mass is 9.88. The number of carbonyl (C=O) groups is 2. The largest absolute Gasteiger partial charge is 0.469 e. The van der Waals surface area contributed by atoms with Crippen LogP contribution < -0.4 is 0 Å². The zero-order chi connectivity index (χ0) is 17.6. The summed E-state index contributed by atoms with van der Waals surface area (Å²) in [5.74, 6) is -1.62. The van der Waals surface area contributed by atoms with Crippen LogP contribution in [0.25, 0.3) is 0 Å². The zero-order valence-electron chi connectivity index (χ0n) is 13.4. The van der Waals surface area contributed by atoms with E-state index < -0.39 is 37.7 Å². The number of rotatable bonds is 8. The van der Waals surface area contributed by atoms with E-state index in [1.807, 2.05) is 0 Å². The maximum absolute atomic E-state index is 11.8. The van der Waals surface area contributed by atoms with Crippen LogP contribution in [0.1, 0.15) is 27.7 Å². The Kier molecular flexibility index (Phi) is 7.97. The minimum absolute atomic E-state index is 0.276. The Morgan fingerprint density at radius 1 is 1.27 bits per heavy atom. The second kappa shape index (κ2) is 8.43. The van der Waals surface area contributed by atoms with Crippen molar-refractivity contribution in [1.29, 1.82) is 0 Å². The van der Waals surface area contributed by atoms with E-state index in [-0.39, 0.29) is 6.61 Å². The number of carbonyl (C=O) groups excluding carboxylic acids is 2. The molecular weight excluding hydrogens is 315 g/mol. The molecule has 0 saturated heterocycles. The molecule has 0 aromatic heterocycles. The molecule has 0 fully saturated rings. The number of esters is 2. The Labute approximate surface area is 129 Å². The van der Waals surface area contributed by atoms with Crippen molar-refractivity contribution in [3.63, 3.8) is 0 Å². The fourth-order valence-electron chi connectivity index (χ4n) is 1.63. The van der Waals surface area contributed by atoms with E-state index in [1.165, 1.54) is 7.11 Å². The molecule has 0 aliphatic rings. The van der Waals surface area contributed by atoms with E-state index in [1.54, 1.807) is 33.8 Å².